The van der Waals surface area contributed by atoms with E-state index in [9.17, 15) is 9.59 Å². The number of ketones is 1. The number of esters is 1. The van der Waals surface area contributed by atoms with Gasteiger partial charge in [-0.2, -0.15) is 0 Å². The largest absolute Gasteiger partial charge is 0.463 e. The number of aliphatic imine (C=N–C) groups is 1. The summed E-state index contributed by atoms with van der Waals surface area (Å²) in [6, 6.07) is 14.3. The minimum absolute atomic E-state index is 0.115. The molecule has 1 aliphatic heterocycles. The Kier molecular flexibility index (Phi) is 5.35. The Morgan fingerprint density at radius 2 is 1.80 bits per heavy atom. The Morgan fingerprint density at radius 3 is 2.53 bits per heavy atom. The summed E-state index contributed by atoms with van der Waals surface area (Å²) in [7, 11) is 0. The zero-order valence-electron chi connectivity index (χ0n) is 18.2. The van der Waals surface area contributed by atoms with Crippen LogP contribution in [-0.2, 0) is 14.3 Å². The van der Waals surface area contributed by atoms with Gasteiger partial charge in [0.1, 0.15) is 5.78 Å². The predicted octanol–water partition coefficient (Wildman–Crippen LogP) is 5.61. The molecule has 156 valence electrons. The van der Waals surface area contributed by atoms with Gasteiger partial charge < -0.3 is 4.74 Å². The monoisotopic (exact) mass is 403 g/mol. The van der Waals surface area contributed by atoms with Crippen LogP contribution in [0.2, 0.25) is 0 Å². The molecule has 2 aromatic carbocycles. The minimum Gasteiger partial charge on any atom is -0.463 e. The maximum atomic E-state index is 13.4. The summed E-state index contributed by atoms with van der Waals surface area (Å²) in [4.78, 5) is 31.4. The second-order valence-electron chi connectivity index (χ2n) is 9.05. The Labute approximate surface area is 178 Å². The third kappa shape index (κ3) is 3.49. The van der Waals surface area contributed by atoms with Crippen molar-refractivity contribution in [2.45, 2.75) is 52.9 Å². The van der Waals surface area contributed by atoms with Crippen LogP contribution in [0.3, 0.4) is 0 Å². The highest BCUT2D eigenvalue weighted by molar-refractivity contribution is 6.12. The van der Waals surface area contributed by atoms with Crippen LogP contribution < -0.4 is 0 Å². The Balaban J connectivity index is 1.99. The van der Waals surface area contributed by atoms with Gasteiger partial charge in [0.2, 0.25) is 0 Å². The second kappa shape index (κ2) is 7.82. The Hall–Kier alpha value is -2.75. The quantitative estimate of drug-likeness (QED) is 0.624. The van der Waals surface area contributed by atoms with E-state index < -0.39 is 5.92 Å². The van der Waals surface area contributed by atoms with E-state index >= 15 is 0 Å². The molecular weight excluding hydrogens is 374 g/mol. The van der Waals surface area contributed by atoms with Gasteiger partial charge in [-0.05, 0) is 41.5 Å². The van der Waals surface area contributed by atoms with E-state index in [0.717, 1.165) is 34.2 Å². The number of carbonyl (C=O) groups is 2. The fourth-order valence-corrected chi connectivity index (χ4v) is 5.08. The van der Waals surface area contributed by atoms with Crippen LogP contribution in [0, 0.1) is 11.3 Å². The molecule has 1 aliphatic carbocycles. The van der Waals surface area contributed by atoms with Gasteiger partial charge in [0.25, 0.3) is 0 Å². The standard InChI is InChI=1S/C26H29NO3/c1-5-19-24(25(29)30-6-2)22(18-13-9-11-16-10-7-8-12-17(16)18)23-20(27-19)14-26(3,4)15-21(23)28/h7-13,22-23H,5-6,14-15H2,1-4H3. The van der Waals surface area contributed by atoms with Crippen molar-refractivity contribution < 1.29 is 14.3 Å². The van der Waals surface area contributed by atoms with E-state index in [4.69, 9.17) is 9.73 Å². The molecule has 1 heterocycles. The SMILES string of the molecule is CCOC(=O)C1=C(CC)N=C2CC(C)(C)CC(=O)C2C1c1cccc2ccccc12. The van der Waals surface area contributed by atoms with E-state index in [1.807, 2.05) is 32.0 Å². The first-order valence-corrected chi connectivity index (χ1v) is 10.8. The van der Waals surface area contributed by atoms with Gasteiger partial charge in [0, 0.05) is 18.1 Å². The molecule has 1 fully saturated rings. The molecule has 30 heavy (non-hydrogen) atoms. The van der Waals surface area contributed by atoms with Gasteiger partial charge in [-0.15, -0.1) is 0 Å². The molecule has 4 rings (SSSR count). The summed E-state index contributed by atoms with van der Waals surface area (Å²) < 4.78 is 5.46. The lowest BCUT2D eigenvalue weighted by atomic mass is 9.63. The normalized spacial score (nSPS) is 23.2. The molecule has 2 unspecified atom stereocenters. The van der Waals surface area contributed by atoms with Crippen LogP contribution in [0.15, 0.2) is 58.7 Å². The summed E-state index contributed by atoms with van der Waals surface area (Å²) in [6.07, 6.45) is 1.89. The highest BCUT2D eigenvalue weighted by atomic mass is 16.5. The van der Waals surface area contributed by atoms with Crippen molar-refractivity contribution in [1.82, 2.24) is 0 Å². The van der Waals surface area contributed by atoms with Gasteiger partial charge in [-0.3, -0.25) is 9.79 Å². The number of benzene rings is 2. The first-order valence-electron chi connectivity index (χ1n) is 10.8. The first kappa shape index (κ1) is 20.5. The van der Waals surface area contributed by atoms with Crippen LogP contribution in [0.5, 0.6) is 0 Å². The van der Waals surface area contributed by atoms with Crippen molar-refractivity contribution in [2.24, 2.45) is 16.3 Å². The second-order valence-corrected chi connectivity index (χ2v) is 9.05. The van der Waals surface area contributed by atoms with Crippen LogP contribution in [0.25, 0.3) is 10.8 Å². The molecular formula is C26H29NO3. The minimum atomic E-state index is -0.404. The van der Waals surface area contributed by atoms with E-state index in [-0.39, 0.29) is 23.1 Å². The zero-order valence-corrected chi connectivity index (χ0v) is 18.2. The highest BCUT2D eigenvalue weighted by Gasteiger charge is 2.48. The van der Waals surface area contributed by atoms with Crippen LogP contribution in [-0.4, -0.2) is 24.1 Å². The number of carbonyl (C=O) groups excluding carboxylic acids is 2. The lowest BCUT2D eigenvalue weighted by Gasteiger charge is -2.41. The summed E-state index contributed by atoms with van der Waals surface area (Å²) >= 11 is 0. The molecule has 0 bridgehead atoms. The predicted molar refractivity (Wildman–Crippen MR) is 120 cm³/mol. The molecule has 0 spiro atoms. The number of allylic oxidation sites excluding steroid dienone is 1. The van der Waals surface area contributed by atoms with Crippen LogP contribution in [0.1, 0.15) is 58.4 Å². The van der Waals surface area contributed by atoms with Crippen molar-refractivity contribution >= 4 is 28.2 Å². The number of nitrogens with zero attached hydrogens (tertiary/aromatic N) is 1. The van der Waals surface area contributed by atoms with Crippen molar-refractivity contribution in [3.63, 3.8) is 0 Å². The molecule has 4 heteroatoms. The number of fused-ring (bicyclic) bond motifs is 2. The Morgan fingerprint density at radius 1 is 1.07 bits per heavy atom. The summed E-state index contributed by atoms with van der Waals surface area (Å²) in [5.41, 5.74) is 3.11. The van der Waals surface area contributed by atoms with Gasteiger partial charge >= 0.3 is 5.97 Å². The third-order valence-electron chi connectivity index (χ3n) is 6.24. The van der Waals surface area contributed by atoms with Gasteiger partial charge in [0.15, 0.2) is 0 Å². The number of rotatable bonds is 4. The lowest BCUT2D eigenvalue weighted by Crippen LogP contribution is -2.44. The van der Waals surface area contributed by atoms with E-state index in [2.05, 4.69) is 38.1 Å². The van der Waals surface area contributed by atoms with E-state index in [1.54, 1.807) is 0 Å². The van der Waals surface area contributed by atoms with E-state index in [0.29, 0.717) is 25.0 Å². The number of ether oxygens (including phenoxy) is 1. The average molecular weight is 404 g/mol. The molecule has 0 radical (unpaired) electrons. The molecule has 1 saturated carbocycles. The molecule has 0 saturated heterocycles. The number of hydrogen-bond acceptors (Lipinski definition) is 4. The summed E-state index contributed by atoms with van der Waals surface area (Å²) in [5, 5.41) is 2.17. The van der Waals surface area contributed by atoms with Gasteiger partial charge in [-0.1, -0.05) is 63.2 Å². The lowest BCUT2D eigenvalue weighted by molar-refractivity contribution is -0.139. The molecule has 0 N–H and O–H groups in total. The van der Waals surface area contributed by atoms with Crippen molar-refractivity contribution in [3.8, 4) is 0 Å². The molecule has 2 atom stereocenters. The van der Waals surface area contributed by atoms with Crippen molar-refractivity contribution in [3.05, 3.63) is 59.3 Å². The molecule has 4 nitrogen and oxygen atoms in total. The van der Waals surface area contributed by atoms with Crippen LogP contribution >= 0.6 is 0 Å². The van der Waals surface area contributed by atoms with Crippen molar-refractivity contribution in [2.75, 3.05) is 6.61 Å². The van der Waals surface area contributed by atoms with Gasteiger partial charge in [-0.25, -0.2) is 4.79 Å². The van der Waals surface area contributed by atoms with E-state index in [1.165, 1.54) is 0 Å². The topological polar surface area (TPSA) is 55.7 Å². The maximum absolute atomic E-state index is 13.4. The molecule has 2 aromatic rings. The zero-order chi connectivity index (χ0) is 21.5. The summed E-state index contributed by atoms with van der Waals surface area (Å²) in [5.74, 6) is -0.952. The van der Waals surface area contributed by atoms with Gasteiger partial charge in [0.05, 0.1) is 23.8 Å². The smallest absolute Gasteiger partial charge is 0.336 e. The summed E-state index contributed by atoms with van der Waals surface area (Å²) in [6.45, 7) is 8.35. The fraction of sp³-hybridized carbons (Fsp3) is 0.423. The molecule has 2 aliphatic rings. The number of Topliss-reactive ketones (excluding diaryl/α,β-unsaturated/α-hetero) is 1. The molecule has 0 aromatic heterocycles. The highest BCUT2D eigenvalue weighted by Crippen LogP contribution is 2.48. The Bertz CT molecular complexity index is 1070. The fourth-order valence-electron chi connectivity index (χ4n) is 5.08. The maximum Gasteiger partial charge on any atom is 0.336 e. The third-order valence-corrected chi connectivity index (χ3v) is 6.24. The van der Waals surface area contributed by atoms with Crippen molar-refractivity contribution in [1.29, 1.82) is 0 Å². The molecule has 0 amide bonds. The first-order chi connectivity index (χ1) is 14.4. The van der Waals surface area contributed by atoms with Crippen LogP contribution in [0.4, 0.5) is 0 Å². The number of hydrogen-bond donors (Lipinski definition) is 0. The average Bonchev–Trinajstić information content (AvgIpc) is 2.71.